The van der Waals surface area contributed by atoms with Gasteiger partial charge in [0.2, 0.25) is 0 Å². The molecule has 0 bridgehead atoms. The highest BCUT2D eigenvalue weighted by atomic mass is 16.3. The van der Waals surface area contributed by atoms with Crippen molar-refractivity contribution in [2.45, 2.75) is 39.0 Å². The molecule has 0 amide bonds. The number of nitrogens with zero attached hydrogens (tertiary/aromatic N) is 2. The van der Waals surface area contributed by atoms with Crippen LogP contribution in [0.3, 0.4) is 0 Å². The number of hydrogen-bond acceptors (Lipinski definition) is 3. The van der Waals surface area contributed by atoms with Crippen LogP contribution in [0.2, 0.25) is 0 Å². The number of aliphatic hydroxyl groups is 1. The number of aryl methyl sites for hydroxylation is 1. The third kappa shape index (κ3) is 3.35. The van der Waals surface area contributed by atoms with Crippen molar-refractivity contribution in [3.8, 4) is 0 Å². The molecular formula is C16H26N2O. The van der Waals surface area contributed by atoms with E-state index >= 15 is 0 Å². The molecule has 3 nitrogen and oxygen atoms in total. The van der Waals surface area contributed by atoms with Gasteiger partial charge in [0.25, 0.3) is 0 Å². The zero-order valence-electron chi connectivity index (χ0n) is 12.5. The minimum absolute atomic E-state index is 0.159. The van der Waals surface area contributed by atoms with E-state index in [1.165, 1.54) is 5.56 Å². The zero-order chi connectivity index (χ0) is 14.0. The van der Waals surface area contributed by atoms with Gasteiger partial charge < -0.3 is 10.0 Å². The van der Waals surface area contributed by atoms with Crippen LogP contribution >= 0.6 is 0 Å². The van der Waals surface area contributed by atoms with Gasteiger partial charge in [-0.05, 0) is 33.4 Å². The molecule has 0 spiro atoms. The molecule has 0 aliphatic carbocycles. The summed E-state index contributed by atoms with van der Waals surface area (Å²) in [6.45, 7) is 9.63. The summed E-state index contributed by atoms with van der Waals surface area (Å²) in [7, 11) is 2.16. The molecule has 0 saturated carbocycles. The number of hydrogen-bond donors (Lipinski definition) is 1. The van der Waals surface area contributed by atoms with Crippen LogP contribution in [0.15, 0.2) is 24.3 Å². The molecule has 0 radical (unpaired) electrons. The molecule has 1 fully saturated rings. The second-order valence-electron chi connectivity index (χ2n) is 5.95. The molecule has 1 aliphatic rings. The van der Waals surface area contributed by atoms with E-state index in [-0.39, 0.29) is 6.04 Å². The summed E-state index contributed by atoms with van der Waals surface area (Å²) >= 11 is 0. The molecule has 3 atom stereocenters. The Kier molecular flexibility index (Phi) is 4.61. The fourth-order valence-corrected chi connectivity index (χ4v) is 2.98. The van der Waals surface area contributed by atoms with Gasteiger partial charge in [-0.1, -0.05) is 29.8 Å². The van der Waals surface area contributed by atoms with Crippen LogP contribution in [0.5, 0.6) is 0 Å². The Hall–Kier alpha value is -0.900. The maximum atomic E-state index is 10.6. The van der Waals surface area contributed by atoms with Gasteiger partial charge >= 0.3 is 0 Å². The number of likely N-dealkylation sites (N-methyl/N-ethyl adjacent to an activating group) is 1. The van der Waals surface area contributed by atoms with Crippen LogP contribution in [0.1, 0.15) is 31.1 Å². The van der Waals surface area contributed by atoms with E-state index in [9.17, 15) is 5.11 Å². The maximum Gasteiger partial charge on any atom is 0.0942 e. The van der Waals surface area contributed by atoms with Gasteiger partial charge in [-0.2, -0.15) is 0 Å². The normalized spacial score (nSPS) is 25.2. The van der Waals surface area contributed by atoms with Crippen molar-refractivity contribution in [1.29, 1.82) is 0 Å². The van der Waals surface area contributed by atoms with Crippen molar-refractivity contribution in [2.24, 2.45) is 0 Å². The second-order valence-corrected chi connectivity index (χ2v) is 5.95. The lowest BCUT2D eigenvalue weighted by molar-refractivity contribution is 0.00200. The Bertz CT molecular complexity index is 404. The number of rotatable bonds is 3. The second kappa shape index (κ2) is 6.04. The van der Waals surface area contributed by atoms with Crippen LogP contribution in [0, 0.1) is 6.92 Å². The van der Waals surface area contributed by atoms with Gasteiger partial charge in [0.1, 0.15) is 0 Å². The Balaban J connectivity index is 2.06. The van der Waals surface area contributed by atoms with Crippen molar-refractivity contribution in [1.82, 2.24) is 9.80 Å². The number of aliphatic hydroxyl groups excluding tert-OH is 1. The number of benzene rings is 1. The van der Waals surface area contributed by atoms with E-state index in [4.69, 9.17) is 0 Å². The molecule has 1 saturated heterocycles. The van der Waals surface area contributed by atoms with Gasteiger partial charge in [0.15, 0.2) is 0 Å². The minimum atomic E-state index is -0.411. The fourth-order valence-electron chi connectivity index (χ4n) is 2.98. The van der Waals surface area contributed by atoms with E-state index in [1.54, 1.807) is 0 Å². The van der Waals surface area contributed by atoms with E-state index in [0.29, 0.717) is 6.04 Å². The van der Waals surface area contributed by atoms with Crippen molar-refractivity contribution in [3.63, 3.8) is 0 Å². The Morgan fingerprint density at radius 1 is 1.21 bits per heavy atom. The molecule has 3 unspecified atom stereocenters. The minimum Gasteiger partial charge on any atom is -0.387 e. The van der Waals surface area contributed by atoms with E-state index < -0.39 is 6.10 Å². The summed E-state index contributed by atoms with van der Waals surface area (Å²) in [6.07, 6.45) is -0.411. The molecule has 1 N–H and O–H groups in total. The van der Waals surface area contributed by atoms with Crippen LogP contribution < -0.4 is 0 Å². The van der Waals surface area contributed by atoms with E-state index in [0.717, 1.165) is 25.2 Å². The summed E-state index contributed by atoms with van der Waals surface area (Å²) in [5.41, 5.74) is 2.25. The van der Waals surface area contributed by atoms with Gasteiger partial charge in [-0.25, -0.2) is 0 Å². The fraction of sp³-hybridized carbons (Fsp3) is 0.625. The first-order valence-electron chi connectivity index (χ1n) is 7.18. The average Bonchev–Trinajstić information content (AvgIpc) is 2.38. The largest absolute Gasteiger partial charge is 0.387 e. The van der Waals surface area contributed by atoms with Gasteiger partial charge in [-0.15, -0.1) is 0 Å². The molecule has 1 aromatic carbocycles. The maximum absolute atomic E-state index is 10.6. The third-order valence-electron chi connectivity index (χ3n) is 4.28. The van der Waals surface area contributed by atoms with Gasteiger partial charge in [0, 0.05) is 31.7 Å². The lowest BCUT2D eigenvalue weighted by atomic mass is 9.99. The first-order chi connectivity index (χ1) is 8.99. The van der Waals surface area contributed by atoms with E-state index in [1.807, 2.05) is 12.1 Å². The van der Waals surface area contributed by atoms with E-state index in [2.05, 4.69) is 49.8 Å². The highest BCUT2D eigenvalue weighted by molar-refractivity contribution is 5.24. The molecule has 1 aromatic rings. The van der Waals surface area contributed by atoms with Crippen molar-refractivity contribution in [2.75, 3.05) is 26.7 Å². The SMILES string of the molecule is Cc1ccc(C(O)C(C)N2CCN(C)CC2C)cc1. The quantitative estimate of drug-likeness (QED) is 0.903. The number of piperazine rings is 1. The molecular weight excluding hydrogens is 236 g/mol. The zero-order valence-corrected chi connectivity index (χ0v) is 12.5. The Labute approximate surface area is 116 Å². The van der Waals surface area contributed by atoms with Crippen molar-refractivity contribution < 1.29 is 5.11 Å². The monoisotopic (exact) mass is 262 g/mol. The summed E-state index contributed by atoms with van der Waals surface area (Å²) in [5, 5.41) is 10.6. The molecule has 1 aliphatic heterocycles. The molecule has 2 rings (SSSR count). The Morgan fingerprint density at radius 3 is 2.42 bits per heavy atom. The molecule has 106 valence electrons. The summed E-state index contributed by atoms with van der Waals surface area (Å²) in [6, 6.07) is 8.87. The van der Waals surface area contributed by atoms with Gasteiger partial charge in [0.05, 0.1) is 6.10 Å². The highest BCUT2D eigenvalue weighted by Gasteiger charge is 2.30. The molecule has 0 aromatic heterocycles. The predicted octanol–water partition coefficient (Wildman–Crippen LogP) is 2.05. The van der Waals surface area contributed by atoms with Crippen molar-refractivity contribution >= 4 is 0 Å². The summed E-state index contributed by atoms with van der Waals surface area (Å²) in [4.78, 5) is 4.77. The summed E-state index contributed by atoms with van der Waals surface area (Å²) in [5.74, 6) is 0. The predicted molar refractivity (Wildman–Crippen MR) is 79.3 cm³/mol. The first-order valence-corrected chi connectivity index (χ1v) is 7.18. The standard InChI is InChI=1S/C16H26N2O/c1-12-5-7-15(8-6-12)16(19)14(3)18-10-9-17(4)11-13(18)2/h5-8,13-14,16,19H,9-11H2,1-4H3. The molecule has 19 heavy (non-hydrogen) atoms. The van der Waals surface area contributed by atoms with Crippen LogP contribution in [-0.4, -0.2) is 53.7 Å². The van der Waals surface area contributed by atoms with Crippen LogP contribution in [-0.2, 0) is 0 Å². The first kappa shape index (κ1) is 14.5. The van der Waals surface area contributed by atoms with Crippen LogP contribution in [0.25, 0.3) is 0 Å². The summed E-state index contributed by atoms with van der Waals surface area (Å²) < 4.78 is 0. The Morgan fingerprint density at radius 2 is 1.84 bits per heavy atom. The topological polar surface area (TPSA) is 26.7 Å². The lowest BCUT2D eigenvalue weighted by Gasteiger charge is -2.43. The third-order valence-corrected chi connectivity index (χ3v) is 4.28. The smallest absolute Gasteiger partial charge is 0.0942 e. The highest BCUT2D eigenvalue weighted by Crippen LogP contribution is 2.24. The van der Waals surface area contributed by atoms with Crippen LogP contribution in [0.4, 0.5) is 0 Å². The molecule has 3 heteroatoms. The van der Waals surface area contributed by atoms with Gasteiger partial charge in [-0.3, -0.25) is 4.90 Å². The van der Waals surface area contributed by atoms with Crippen molar-refractivity contribution in [3.05, 3.63) is 35.4 Å². The lowest BCUT2D eigenvalue weighted by Crippen LogP contribution is -2.54. The average molecular weight is 262 g/mol. The molecule has 1 heterocycles.